The van der Waals surface area contributed by atoms with E-state index in [-0.39, 0.29) is 21.4 Å². The van der Waals surface area contributed by atoms with Crippen molar-refractivity contribution >= 4 is 40.9 Å². The van der Waals surface area contributed by atoms with Crippen LogP contribution in [0.25, 0.3) is 6.08 Å². The average molecular weight is 333 g/mol. The van der Waals surface area contributed by atoms with E-state index >= 15 is 0 Å². The predicted molar refractivity (Wildman–Crippen MR) is 86.8 cm³/mol. The molecule has 0 heterocycles. The maximum Gasteiger partial charge on any atom is 0.266 e. The highest BCUT2D eigenvalue weighted by molar-refractivity contribution is 6.37. The van der Waals surface area contributed by atoms with Gasteiger partial charge in [0.1, 0.15) is 11.6 Å². The van der Waals surface area contributed by atoms with E-state index in [1.54, 1.807) is 24.3 Å². The van der Waals surface area contributed by atoms with Gasteiger partial charge in [-0.05, 0) is 35.9 Å². The first kappa shape index (κ1) is 15.9. The van der Waals surface area contributed by atoms with Gasteiger partial charge in [0.15, 0.2) is 5.75 Å². The zero-order chi connectivity index (χ0) is 16.1. The van der Waals surface area contributed by atoms with Crippen molar-refractivity contribution in [2.24, 2.45) is 0 Å². The Morgan fingerprint density at radius 1 is 1.18 bits per heavy atom. The van der Waals surface area contributed by atoms with Crippen molar-refractivity contribution in [3.63, 3.8) is 0 Å². The van der Waals surface area contributed by atoms with Gasteiger partial charge >= 0.3 is 0 Å². The van der Waals surface area contributed by atoms with E-state index in [1.807, 2.05) is 12.1 Å². The number of phenolic OH excluding ortho intramolecular Hbond substituents is 1. The number of amides is 1. The Morgan fingerprint density at radius 2 is 1.77 bits per heavy atom. The van der Waals surface area contributed by atoms with Crippen molar-refractivity contribution in [1.29, 1.82) is 5.26 Å². The molecule has 0 unspecified atom stereocenters. The average Bonchev–Trinajstić information content (AvgIpc) is 2.51. The third-order valence-electron chi connectivity index (χ3n) is 2.75. The summed E-state index contributed by atoms with van der Waals surface area (Å²) in [7, 11) is 0. The number of phenols is 1. The van der Waals surface area contributed by atoms with Crippen LogP contribution in [0.3, 0.4) is 0 Å². The Balaban J connectivity index is 2.28. The Kier molecular flexibility index (Phi) is 5.05. The predicted octanol–water partition coefficient (Wildman–Crippen LogP) is 4.24. The summed E-state index contributed by atoms with van der Waals surface area (Å²) >= 11 is 11.6. The van der Waals surface area contributed by atoms with Crippen LogP contribution in [-0.4, -0.2) is 11.0 Å². The first-order chi connectivity index (χ1) is 10.5. The standard InChI is InChI=1S/C16H10Cl2N2O2/c17-13-7-10(8-14(18)15(13)21)6-11(9-19)16(22)20-12-4-2-1-3-5-12/h1-8,21H,(H,20,22)/b11-6-. The van der Waals surface area contributed by atoms with Crippen LogP contribution in [0.5, 0.6) is 5.75 Å². The number of carbonyl (C=O) groups excluding carboxylic acids is 1. The molecule has 0 atom stereocenters. The third-order valence-corrected chi connectivity index (χ3v) is 3.32. The number of para-hydroxylation sites is 1. The summed E-state index contributed by atoms with van der Waals surface area (Å²) in [5.74, 6) is -0.790. The van der Waals surface area contributed by atoms with Gasteiger partial charge in [-0.2, -0.15) is 5.26 Å². The summed E-state index contributed by atoms with van der Waals surface area (Å²) in [4.78, 5) is 12.1. The fraction of sp³-hybridized carbons (Fsp3) is 0. The smallest absolute Gasteiger partial charge is 0.266 e. The van der Waals surface area contributed by atoms with Gasteiger partial charge in [0, 0.05) is 5.69 Å². The quantitative estimate of drug-likeness (QED) is 0.652. The number of hydrogen-bond acceptors (Lipinski definition) is 3. The second-order valence-corrected chi connectivity index (χ2v) is 5.14. The van der Waals surface area contributed by atoms with Crippen molar-refractivity contribution in [3.05, 3.63) is 63.6 Å². The fourth-order valence-corrected chi connectivity index (χ4v) is 2.21. The monoisotopic (exact) mass is 332 g/mol. The molecule has 2 aromatic rings. The molecule has 22 heavy (non-hydrogen) atoms. The fourth-order valence-electron chi connectivity index (χ4n) is 1.70. The number of nitrogens with zero attached hydrogens (tertiary/aromatic N) is 1. The van der Waals surface area contributed by atoms with Crippen LogP contribution in [0.15, 0.2) is 48.0 Å². The zero-order valence-electron chi connectivity index (χ0n) is 11.2. The van der Waals surface area contributed by atoms with Gasteiger partial charge in [-0.25, -0.2) is 0 Å². The summed E-state index contributed by atoms with van der Waals surface area (Å²) in [6.07, 6.45) is 1.34. The van der Waals surface area contributed by atoms with E-state index in [0.29, 0.717) is 11.3 Å². The molecule has 2 N–H and O–H groups in total. The van der Waals surface area contributed by atoms with Gasteiger partial charge in [0.05, 0.1) is 10.0 Å². The molecule has 0 radical (unpaired) electrons. The molecule has 0 spiro atoms. The maximum atomic E-state index is 12.1. The van der Waals surface area contributed by atoms with Crippen LogP contribution in [-0.2, 0) is 4.79 Å². The molecule has 0 aromatic heterocycles. The molecule has 4 nitrogen and oxygen atoms in total. The summed E-state index contributed by atoms with van der Waals surface area (Å²) < 4.78 is 0. The van der Waals surface area contributed by atoms with Crippen molar-refractivity contribution in [3.8, 4) is 11.8 Å². The lowest BCUT2D eigenvalue weighted by molar-refractivity contribution is -0.112. The number of benzene rings is 2. The topological polar surface area (TPSA) is 73.1 Å². The zero-order valence-corrected chi connectivity index (χ0v) is 12.7. The molecule has 6 heteroatoms. The van der Waals surface area contributed by atoms with Crippen molar-refractivity contribution in [2.45, 2.75) is 0 Å². The molecule has 0 aliphatic heterocycles. The van der Waals surface area contributed by atoms with Gasteiger partial charge in [0.2, 0.25) is 0 Å². The van der Waals surface area contributed by atoms with Gasteiger partial charge in [0.25, 0.3) is 5.91 Å². The summed E-state index contributed by atoms with van der Waals surface area (Å²) in [6.45, 7) is 0. The van der Waals surface area contributed by atoms with Crippen LogP contribution < -0.4 is 5.32 Å². The number of hydrogen-bond donors (Lipinski definition) is 2. The van der Waals surface area contributed by atoms with Gasteiger partial charge in [-0.1, -0.05) is 41.4 Å². The first-order valence-corrected chi connectivity index (χ1v) is 6.93. The van der Waals surface area contributed by atoms with E-state index in [2.05, 4.69) is 5.32 Å². The SMILES string of the molecule is N#C/C(=C/c1cc(Cl)c(O)c(Cl)c1)C(=O)Nc1ccccc1. The summed E-state index contributed by atoms with van der Waals surface area (Å²) in [6, 6.07) is 13.4. The molecule has 110 valence electrons. The van der Waals surface area contributed by atoms with Gasteiger partial charge < -0.3 is 10.4 Å². The van der Waals surface area contributed by atoms with E-state index in [9.17, 15) is 9.90 Å². The molecule has 0 aliphatic rings. The highest BCUT2D eigenvalue weighted by atomic mass is 35.5. The highest BCUT2D eigenvalue weighted by Crippen LogP contribution is 2.33. The van der Waals surface area contributed by atoms with Crippen LogP contribution >= 0.6 is 23.2 Å². The lowest BCUT2D eigenvalue weighted by atomic mass is 10.1. The van der Waals surface area contributed by atoms with Crippen LogP contribution in [0, 0.1) is 11.3 Å². The second-order valence-electron chi connectivity index (χ2n) is 4.32. The van der Waals surface area contributed by atoms with E-state index < -0.39 is 5.91 Å². The number of aromatic hydroxyl groups is 1. The van der Waals surface area contributed by atoms with E-state index in [4.69, 9.17) is 28.5 Å². The Labute approximate surface area is 137 Å². The molecule has 0 aliphatic carbocycles. The molecule has 2 aromatic carbocycles. The van der Waals surface area contributed by atoms with Crippen LogP contribution in [0.4, 0.5) is 5.69 Å². The van der Waals surface area contributed by atoms with Gasteiger partial charge in [-0.15, -0.1) is 0 Å². The Bertz CT molecular complexity index is 757. The summed E-state index contributed by atoms with van der Waals surface area (Å²) in [5, 5.41) is 21.3. The highest BCUT2D eigenvalue weighted by Gasteiger charge is 2.11. The molecule has 0 fully saturated rings. The number of nitriles is 1. The van der Waals surface area contributed by atoms with Crippen LogP contribution in [0.1, 0.15) is 5.56 Å². The molecule has 1 amide bonds. The molecule has 0 bridgehead atoms. The number of carbonyl (C=O) groups is 1. The van der Waals surface area contributed by atoms with Crippen molar-refractivity contribution in [2.75, 3.05) is 5.32 Å². The third kappa shape index (κ3) is 3.79. The van der Waals surface area contributed by atoms with Crippen LogP contribution in [0.2, 0.25) is 10.0 Å². The molecular formula is C16H10Cl2N2O2. The molecule has 0 saturated heterocycles. The molecule has 2 rings (SSSR count). The number of nitrogens with one attached hydrogen (secondary N) is 1. The minimum atomic E-state index is -0.547. The van der Waals surface area contributed by atoms with E-state index in [0.717, 1.165) is 0 Å². The Morgan fingerprint density at radius 3 is 2.32 bits per heavy atom. The maximum absolute atomic E-state index is 12.1. The minimum absolute atomic E-state index is 0.0412. The van der Waals surface area contributed by atoms with E-state index in [1.165, 1.54) is 18.2 Å². The van der Waals surface area contributed by atoms with Crippen molar-refractivity contribution < 1.29 is 9.90 Å². The number of rotatable bonds is 3. The Hall–Kier alpha value is -2.48. The lowest BCUT2D eigenvalue weighted by Crippen LogP contribution is -2.13. The van der Waals surface area contributed by atoms with Gasteiger partial charge in [-0.3, -0.25) is 4.79 Å². The molecule has 0 saturated carbocycles. The minimum Gasteiger partial charge on any atom is -0.505 e. The second kappa shape index (κ2) is 6.99. The number of anilines is 1. The first-order valence-electron chi connectivity index (χ1n) is 6.17. The number of halogens is 2. The lowest BCUT2D eigenvalue weighted by Gasteiger charge is -2.05. The molecular weight excluding hydrogens is 323 g/mol. The largest absolute Gasteiger partial charge is 0.505 e. The van der Waals surface area contributed by atoms with Crippen molar-refractivity contribution in [1.82, 2.24) is 0 Å². The normalized spacial score (nSPS) is 10.9. The summed E-state index contributed by atoms with van der Waals surface area (Å²) in [5.41, 5.74) is 0.907.